The van der Waals surface area contributed by atoms with Crippen LogP contribution in [0.1, 0.15) is 58.3 Å². The molecule has 2 atom stereocenters. The van der Waals surface area contributed by atoms with E-state index in [-0.39, 0.29) is 5.92 Å². The Hall–Kier alpha value is -0.610. The lowest BCUT2D eigenvalue weighted by Gasteiger charge is -2.40. The van der Waals surface area contributed by atoms with E-state index in [1.165, 1.54) is 45.2 Å². The Morgan fingerprint density at radius 2 is 1.86 bits per heavy atom. The first-order chi connectivity index (χ1) is 10.7. The SMILES string of the molecule is COCCC[C@H](C)C(=O)N1CCC[C@H](N2CCCCCC2)C1. The predicted molar refractivity (Wildman–Crippen MR) is 89.9 cm³/mol. The zero-order valence-electron chi connectivity index (χ0n) is 14.6. The summed E-state index contributed by atoms with van der Waals surface area (Å²) in [5.41, 5.74) is 0. The molecule has 4 nitrogen and oxygen atoms in total. The number of methoxy groups -OCH3 is 1. The van der Waals surface area contributed by atoms with Gasteiger partial charge in [0.15, 0.2) is 0 Å². The number of nitrogens with zero attached hydrogens (tertiary/aromatic N) is 2. The highest BCUT2D eigenvalue weighted by Gasteiger charge is 2.29. The minimum Gasteiger partial charge on any atom is -0.385 e. The fraction of sp³-hybridized carbons (Fsp3) is 0.944. The molecule has 0 spiro atoms. The molecule has 0 bridgehead atoms. The molecule has 0 aliphatic carbocycles. The number of likely N-dealkylation sites (tertiary alicyclic amines) is 2. The van der Waals surface area contributed by atoms with E-state index in [0.717, 1.165) is 39.0 Å². The summed E-state index contributed by atoms with van der Waals surface area (Å²) in [6.07, 6.45) is 9.77. The van der Waals surface area contributed by atoms with Crippen molar-refractivity contribution in [2.45, 2.75) is 64.3 Å². The van der Waals surface area contributed by atoms with Crippen LogP contribution in [-0.2, 0) is 9.53 Å². The van der Waals surface area contributed by atoms with Gasteiger partial charge >= 0.3 is 0 Å². The summed E-state index contributed by atoms with van der Waals surface area (Å²) in [5.74, 6) is 0.494. The van der Waals surface area contributed by atoms with Crippen LogP contribution in [0.2, 0.25) is 0 Å². The molecule has 2 heterocycles. The van der Waals surface area contributed by atoms with E-state index in [2.05, 4.69) is 16.7 Å². The smallest absolute Gasteiger partial charge is 0.225 e. The van der Waals surface area contributed by atoms with Crippen LogP contribution in [0, 0.1) is 5.92 Å². The third kappa shape index (κ3) is 5.24. The van der Waals surface area contributed by atoms with E-state index in [1.807, 2.05) is 0 Å². The molecule has 22 heavy (non-hydrogen) atoms. The Bertz CT molecular complexity index is 327. The number of amides is 1. The Morgan fingerprint density at radius 1 is 1.14 bits per heavy atom. The van der Waals surface area contributed by atoms with Gasteiger partial charge < -0.3 is 9.64 Å². The summed E-state index contributed by atoms with van der Waals surface area (Å²) >= 11 is 0. The van der Waals surface area contributed by atoms with Crippen LogP contribution >= 0.6 is 0 Å². The molecule has 2 saturated heterocycles. The first-order valence-electron chi connectivity index (χ1n) is 9.24. The van der Waals surface area contributed by atoms with E-state index in [9.17, 15) is 4.79 Å². The molecule has 0 aromatic rings. The van der Waals surface area contributed by atoms with Gasteiger partial charge in [-0.2, -0.15) is 0 Å². The van der Waals surface area contributed by atoms with Gasteiger partial charge in [-0.05, 0) is 51.6 Å². The average molecular weight is 310 g/mol. The molecule has 2 aliphatic heterocycles. The molecule has 0 aromatic carbocycles. The molecule has 2 aliphatic rings. The summed E-state index contributed by atoms with van der Waals surface area (Å²) < 4.78 is 5.09. The standard InChI is InChI=1S/C18H34N2O2/c1-16(9-8-14-22-2)18(21)20-13-7-10-17(15-20)19-11-5-3-4-6-12-19/h16-17H,3-15H2,1-2H3/t16-,17-/m0/s1. The molecule has 2 rings (SSSR count). The van der Waals surface area contributed by atoms with Crippen LogP contribution in [-0.4, -0.2) is 61.6 Å². The van der Waals surface area contributed by atoms with Crippen LogP contribution in [0.25, 0.3) is 0 Å². The minimum absolute atomic E-state index is 0.137. The maximum absolute atomic E-state index is 12.7. The molecular formula is C18H34N2O2. The van der Waals surface area contributed by atoms with Gasteiger partial charge in [-0.25, -0.2) is 0 Å². The Balaban J connectivity index is 1.82. The van der Waals surface area contributed by atoms with Crippen molar-refractivity contribution in [2.75, 3.05) is 39.9 Å². The molecule has 2 fully saturated rings. The van der Waals surface area contributed by atoms with Crippen molar-refractivity contribution in [1.29, 1.82) is 0 Å². The Kier molecular flexibility index (Phi) is 7.67. The van der Waals surface area contributed by atoms with E-state index >= 15 is 0 Å². The normalized spacial score (nSPS) is 25.7. The lowest BCUT2D eigenvalue weighted by Crippen LogP contribution is -2.51. The lowest BCUT2D eigenvalue weighted by atomic mass is 9.99. The van der Waals surface area contributed by atoms with E-state index in [0.29, 0.717) is 11.9 Å². The Labute approximate surface area is 136 Å². The van der Waals surface area contributed by atoms with Gasteiger partial charge in [0.1, 0.15) is 0 Å². The van der Waals surface area contributed by atoms with Gasteiger partial charge in [0.25, 0.3) is 0 Å². The van der Waals surface area contributed by atoms with Gasteiger partial charge in [-0.15, -0.1) is 0 Å². The second-order valence-electron chi connectivity index (χ2n) is 7.07. The summed E-state index contributed by atoms with van der Waals surface area (Å²) in [7, 11) is 1.73. The fourth-order valence-corrected chi connectivity index (χ4v) is 3.88. The van der Waals surface area contributed by atoms with Crippen molar-refractivity contribution in [2.24, 2.45) is 5.92 Å². The second kappa shape index (κ2) is 9.51. The molecule has 0 saturated carbocycles. The minimum atomic E-state index is 0.137. The third-order valence-corrected chi connectivity index (χ3v) is 5.27. The van der Waals surface area contributed by atoms with Crippen LogP contribution in [0.4, 0.5) is 0 Å². The van der Waals surface area contributed by atoms with E-state index < -0.39 is 0 Å². The van der Waals surface area contributed by atoms with Gasteiger partial charge in [-0.1, -0.05) is 19.8 Å². The number of carbonyl (C=O) groups excluding carboxylic acids is 1. The highest BCUT2D eigenvalue weighted by Crippen LogP contribution is 2.22. The maximum atomic E-state index is 12.7. The van der Waals surface area contributed by atoms with Crippen LogP contribution in [0.15, 0.2) is 0 Å². The van der Waals surface area contributed by atoms with Gasteiger partial charge in [-0.3, -0.25) is 9.69 Å². The van der Waals surface area contributed by atoms with E-state index in [4.69, 9.17) is 4.74 Å². The molecule has 0 N–H and O–H groups in total. The molecule has 0 radical (unpaired) electrons. The van der Waals surface area contributed by atoms with Gasteiger partial charge in [0.2, 0.25) is 5.91 Å². The van der Waals surface area contributed by atoms with Crippen molar-refractivity contribution < 1.29 is 9.53 Å². The quantitative estimate of drug-likeness (QED) is 0.707. The number of piperidine rings is 1. The summed E-state index contributed by atoms with van der Waals surface area (Å²) in [6, 6.07) is 0.599. The molecular weight excluding hydrogens is 276 g/mol. The molecule has 128 valence electrons. The Morgan fingerprint density at radius 3 is 2.55 bits per heavy atom. The van der Waals surface area contributed by atoms with Crippen molar-refractivity contribution in [1.82, 2.24) is 9.80 Å². The third-order valence-electron chi connectivity index (χ3n) is 5.27. The first-order valence-corrected chi connectivity index (χ1v) is 9.24. The highest BCUT2D eigenvalue weighted by atomic mass is 16.5. The summed E-state index contributed by atoms with van der Waals surface area (Å²) in [4.78, 5) is 17.4. The van der Waals surface area contributed by atoms with Gasteiger partial charge in [0, 0.05) is 38.8 Å². The van der Waals surface area contributed by atoms with Crippen molar-refractivity contribution >= 4 is 5.91 Å². The number of rotatable bonds is 6. The number of ether oxygens (including phenoxy) is 1. The monoisotopic (exact) mass is 310 g/mol. The van der Waals surface area contributed by atoms with Crippen LogP contribution in [0.5, 0.6) is 0 Å². The van der Waals surface area contributed by atoms with Crippen molar-refractivity contribution in [3.05, 3.63) is 0 Å². The number of hydrogen-bond donors (Lipinski definition) is 0. The lowest BCUT2D eigenvalue weighted by molar-refractivity contribution is -0.137. The zero-order valence-corrected chi connectivity index (χ0v) is 14.6. The van der Waals surface area contributed by atoms with Crippen molar-refractivity contribution in [3.8, 4) is 0 Å². The van der Waals surface area contributed by atoms with Gasteiger partial charge in [0.05, 0.1) is 0 Å². The molecule has 4 heteroatoms. The molecule has 0 unspecified atom stereocenters. The largest absolute Gasteiger partial charge is 0.385 e. The summed E-state index contributed by atoms with van der Waals surface area (Å²) in [5, 5.41) is 0. The summed E-state index contributed by atoms with van der Waals surface area (Å²) in [6.45, 7) is 7.21. The maximum Gasteiger partial charge on any atom is 0.225 e. The average Bonchev–Trinajstić information content (AvgIpc) is 2.83. The fourth-order valence-electron chi connectivity index (χ4n) is 3.88. The number of carbonyl (C=O) groups is 1. The predicted octanol–water partition coefficient (Wildman–Crippen LogP) is 2.92. The number of hydrogen-bond acceptors (Lipinski definition) is 3. The van der Waals surface area contributed by atoms with Crippen LogP contribution < -0.4 is 0 Å². The molecule has 1 amide bonds. The van der Waals surface area contributed by atoms with E-state index in [1.54, 1.807) is 7.11 Å². The highest BCUT2D eigenvalue weighted by molar-refractivity contribution is 5.78. The molecule has 0 aromatic heterocycles. The zero-order chi connectivity index (χ0) is 15.8. The second-order valence-corrected chi connectivity index (χ2v) is 7.07. The van der Waals surface area contributed by atoms with Crippen LogP contribution in [0.3, 0.4) is 0 Å². The van der Waals surface area contributed by atoms with Crippen molar-refractivity contribution in [3.63, 3.8) is 0 Å². The topological polar surface area (TPSA) is 32.8 Å². The first kappa shape index (κ1) is 17.7.